The summed E-state index contributed by atoms with van der Waals surface area (Å²) in [6.07, 6.45) is 3.45. The standard InChI is InChI=1S/C63H42N2/c1-63(2)51-20-9-8-18-47(51)50-35-41(25-30-52(50)63)40-13-10-14-42(34-40)46-29-33-56-62-58(46)48-19-11-21-53-59(48)60-54(64(53)43-15-4-3-5-16-43)31-26-39-27-32-55(61(62)57(39)60)65(56)44-28-24-38-23-22-37-12-6-7-17-45(37)49(38)36-44/h3-30,32-36,54H,31H2,1-2H3. The minimum atomic E-state index is -0.0262. The Labute approximate surface area is 377 Å². The average Bonchev–Trinajstić information content (AvgIpc) is 3.93. The molecular weight excluding hydrogens is 785 g/mol. The fraction of sp³-hybridized carbons (Fsp3) is 0.0794. The smallest absolute Gasteiger partial charge is 0.0639 e. The number of para-hydroxylation sites is 1. The minimum absolute atomic E-state index is 0.0262. The Morgan fingerprint density at radius 2 is 1.18 bits per heavy atom. The molecule has 0 saturated heterocycles. The number of fused-ring (bicyclic) bond motifs is 7. The number of rotatable bonds is 4. The number of nitrogens with zero attached hydrogens (tertiary/aromatic N) is 2. The van der Waals surface area contributed by atoms with Crippen LogP contribution in [0.15, 0.2) is 194 Å². The molecule has 1 aromatic heterocycles. The highest BCUT2D eigenvalue weighted by Crippen LogP contribution is 2.55. The molecule has 304 valence electrons. The maximum Gasteiger partial charge on any atom is 0.0639 e. The second-order valence-corrected chi connectivity index (χ2v) is 19.1. The number of hydrogen-bond acceptors (Lipinski definition) is 1. The van der Waals surface area contributed by atoms with Crippen LogP contribution in [0.5, 0.6) is 0 Å². The maximum atomic E-state index is 2.62. The Hall–Kier alpha value is -7.94. The lowest BCUT2D eigenvalue weighted by molar-refractivity contribution is 0.660. The Bertz CT molecular complexity index is 4070. The summed E-state index contributed by atoms with van der Waals surface area (Å²) < 4.78 is 2.56. The van der Waals surface area contributed by atoms with E-state index in [1.165, 1.54) is 138 Å². The van der Waals surface area contributed by atoms with Crippen LogP contribution in [-0.2, 0) is 5.41 Å². The first-order valence-electron chi connectivity index (χ1n) is 23.1. The fourth-order valence-corrected chi connectivity index (χ4v) is 12.7. The van der Waals surface area contributed by atoms with E-state index in [9.17, 15) is 0 Å². The molecule has 4 aliphatic rings. The molecule has 10 aromatic carbocycles. The highest BCUT2D eigenvalue weighted by molar-refractivity contribution is 6.23. The van der Waals surface area contributed by atoms with Gasteiger partial charge in [-0.25, -0.2) is 0 Å². The molecule has 0 fully saturated rings. The van der Waals surface area contributed by atoms with Crippen molar-refractivity contribution in [2.75, 3.05) is 4.90 Å². The molecule has 2 heteroatoms. The molecule has 0 saturated carbocycles. The topological polar surface area (TPSA) is 8.17 Å². The predicted molar refractivity (Wildman–Crippen MR) is 273 cm³/mol. The van der Waals surface area contributed by atoms with Crippen molar-refractivity contribution in [3.05, 3.63) is 221 Å². The van der Waals surface area contributed by atoms with Crippen LogP contribution in [0.25, 0.3) is 105 Å². The van der Waals surface area contributed by atoms with Crippen molar-refractivity contribution in [3.63, 3.8) is 0 Å². The lowest BCUT2D eigenvalue weighted by Gasteiger charge is -2.29. The van der Waals surface area contributed by atoms with E-state index in [0.717, 1.165) is 6.42 Å². The molecule has 1 atom stereocenters. The molecule has 0 radical (unpaired) electrons. The lowest BCUT2D eigenvalue weighted by atomic mass is 9.82. The summed E-state index contributed by atoms with van der Waals surface area (Å²) in [6, 6.07) is 73.7. The van der Waals surface area contributed by atoms with E-state index in [-0.39, 0.29) is 11.5 Å². The SMILES string of the molecule is CC1(C)c2ccccc2-c2cc(-c3cccc(-c4ccc5c6c4-c4cccc7c4C4=c8c(ccc(c86)n5-c5ccc6ccc8ccccc8c6c5)=CCC4N7c4ccccc4)c3)ccc21. The van der Waals surface area contributed by atoms with Crippen LogP contribution in [0, 0.1) is 0 Å². The van der Waals surface area contributed by atoms with Crippen LogP contribution in [0.3, 0.4) is 0 Å². The van der Waals surface area contributed by atoms with Crippen molar-refractivity contribution in [2.24, 2.45) is 0 Å². The molecule has 11 aromatic rings. The second kappa shape index (κ2) is 12.6. The third-order valence-corrected chi connectivity index (χ3v) is 15.6. The van der Waals surface area contributed by atoms with Gasteiger partial charge in [-0.3, -0.25) is 0 Å². The first kappa shape index (κ1) is 35.5. The van der Waals surface area contributed by atoms with Gasteiger partial charge in [0.15, 0.2) is 0 Å². The summed E-state index contributed by atoms with van der Waals surface area (Å²) in [7, 11) is 0. The van der Waals surface area contributed by atoms with Crippen molar-refractivity contribution in [2.45, 2.75) is 31.7 Å². The summed E-state index contributed by atoms with van der Waals surface area (Å²) >= 11 is 0. The molecule has 15 rings (SSSR count). The number of benzene rings is 10. The van der Waals surface area contributed by atoms with E-state index in [1.54, 1.807) is 0 Å². The zero-order chi connectivity index (χ0) is 42.7. The number of aromatic nitrogens is 1. The molecule has 3 aliphatic carbocycles. The van der Waals surface area contributed by atoms with Crippen molar-refractivity contribution < 1.29 is 0 Å². The molecule has 0 bridgehead atoms. The molecule has 2 heterocycles. The van der Waals surface area contributed by atoms with E-state index in [1.807, 2.05) is 0 Å². The van der Waals surface area contributed by atoms with Gasteiger partial charge in [0.1, 0.15) is 0 Å². The Balaban J connectivity index is 1.03. The fourth-order valence-electron chi connectivity index (χ4n) is 12.7. The highest BCUT2D eigenvalue weighted by Gasteiger charge is 2.41. The Morgan fingerprint density at radius 3 is 2.11 bits per heavy atom. The number of hydrogen-bond donors (Lipinski definition) is 0. The van der Waals surface area contributed by atoms with Gasteiger partial charge in [0.25, 0.3) is 0 Å². The molecule has 1 unspecified atom stereocenters. The monoisotopic (exact) mass is 826 g/mol. The lowest BCUT2D eigenvalue weighted by Crippen LogP contribution is -2.38. The first-order valence-corrected chi connectivity index (χ1v) is 23.1. The molecule has 0 N–H and O–H groups in total. The zero-order valence-corrected chi connectivity index (χ0v) is 36.2. The van der Waals surface area contributed by atoms with E-state index in [0.29, 0.717) is 0 Å². The van der Waals surface area contributed by atoms with Gasteiger partial charge in [-0.05, 0) is 149 Å². The zero-order valence-electron chi connectivity index (χ0n) is 36.2. The van der Waals surface area contributed by atoms with Gasteiger partial charge in [-0.1, -0.05) is 159 Å². The van der Waals surface area contributed by atoms with E-state index in [4.69, 9.17) is 0 Å². The number of anilines is 2. The van der Waals surface area contributed by atoms with Crippen molar-refractivity contribution in [3.8, 4) is 50.2 Å². The Kier molecular flexibility index (Phi) is 6.89. The third-order valence-electron chi connectivity index (χ3n) is 15.6. The normalized spacial score (nSPS) is 15.8. The van der Waals surface area contributed by atoms with Crippen molar-refractivity contribution >= 4 is 66.4 Å². The quantitative estimate of drug-likeness (QED) is 0.161. The van der Waals surface area contributed by atoms with Crippen LogP contribution in [-0.4, -0.2) is 10.6 Å². The average molecular weight is 827 g/mol. The van der Waals surface area contributed by atoms with Gasteiger partial charge in [-0.2, -0.15) is 0 Å². The minimum Gasteiger partial charge on any atom is -0.333 e. The van der Waals surface area contributed by atoms with Gasteiger partial charge < -0.3 is 9.47 Å². The molecule has 0 amide bonds. The largest absolute Gasteiger partial charge is 0.333 e. The summed E-state index contributed by atoms with van der Waals surface area (Å²) in [4.78, 5) is 2.62. The van der Waals surface area contributed by atoms with Crippen LogP contribution in [0.4, 0.5) is 11.4 Å². The van der Waals surface area contributed by atoms with Crippen LogP contribution in [0.2, 0.25) is 0 Å². The second-order valence-electron chi connectivity index (χ2n) is 19.1. The molecular formula is C63H42N2. The van der Waals surface area contributed by atoms with Crippen molar-refractivity contribution in [1.29, 1.82) is 0 Å². The molecule has 65 heavy (non-hydrogen) atoms. The van der Waals surface area contributed by atoms with Gasteiger partial charge in [0.05, 0.1) is 17.1 Å². The van der Waals surface area contributed by atoms with Gasteiger partial charge in [0.2, 0.25) is 0 Å². The van der Waals surface area contributed by atoms with Gasteiger partial charge >= 0.3 is 0 Å². The highest BCUT2D eigenvalue weighted by atomic mass is 15.2. The maximum absolute atomic E-state index is 2.62. The molecule has 1 aliphatic heterocycles. The van der Waals surface area contributed by atoms with E-state index in [2.05, 4.69) is 224 Å². The summed E-state index contributed by atoms with van der Waals surface area (Å²) in [5.74, 6) is 0. The van der Waals surface area contributed by atoms with Crippen LogP contribution < -0.4 is 15.3 Å². The summed E-state index contributed by atoms with van der Waals surface area (Å²) in [5.41, 5.74) is 22.1. The van der Waals surface area contributed by atoms with Gasteiger partial charge in [0, 0.05) is 44.4 Å². The summed E-state index contributed by atoms with van der Waals surface area (Å²) in [5, 5.41) is 10.5. The summed E-state index contributed by atoms with van der Waals surface area (Å²) in [6.45, 7) is 4.72. The Morgan fingerprint density at radius 1 is 0.462 bits per heavy atom. The molecule has 2 nitrogen and oxygen atoms in total. The van der Waals surface area contributed by atoms with Crippen LogP contribution in [0.1, 0.15) is 37.0 Å². The molecule has 0 spiro atoms. The predicted octanol–water partition coefficient (Wildman–Crippen LogP) is 14.6. The van der Waals surface area contributed by atoms with Gasteiger partial charge in [-0.15, -0.1) is 0 Å². The van der Waals surface area contributed by atoms with E-state index >= 15 is 0 Å². The van der Waals surface area contributed by atoms with Crippen LogP contribution >= 0.6 is 0 Å². The van der Waals surface area contributed by atoms with E-state index < -0.39 is 0 Å². The third kappa shape index (κ3) is 4.63. The van der Waals surface area contributed by atoms with Crippen molar-refractivity contribution in [1.82, 2.24) is 4.57 Å². The first-order chi connectivity index (χ1) is 32.0.